The van der Waals surface area contributed by atoms with Crippen LogP contribution in [-0.2, 0) is 6.42 Å². The van der Waals surface area contributed by atoms with Crippen molar-refractivity contribution in [2.24, 2.45) is 0 Å². The minimum absolute atomic E-state index is 0.167. The van der Waals surface area contributed by atoms with E-state index < -0.39 is 0 Å². The summed E-state index contributed by atoms with van der Waals surface area (Å²) >= 11 is 0. The Kier molecular flexibility index (Phi) is 7.04. The number of rotatable bonds is 9. The first-order chi connectivity index (χ1) is 10.8. The maximum atomic E-state index is 9.15. The lowest BCUT2D eigenvalue weighted by molar-refractivity contribution is 0.174. The normalized spacial score (nSPS) is 15.0. The van der Waals surface area contributed by atoms with Crippen molar-refractivity contribution in [2.45, 2.75) is 51.6 Å². The molecule has 1 aromatic carbocycles. The summed E-state index contributed by atoms with van der Waals surface area (Å²) in [5.41, 5.74) is 1.27. The van der Waals surface area contributed by atoms with E-state index in [0.717, 1.165) is 50.0 Å². The number of allylic oxidation sites excluding steroid dienone is 4. The molecule has 0 aromatic heterocycles. The van der Waals surface area contributed by atoms with Crippen molar-refractivity contribution >= 4 is 0 Å². The second-order valence-corrected chi connectivity index (χ2v) is 5.72. The van der Waals surface area contributed by atoms with Crippen LogP contribution in [-0.4, -0.2) is 18.0 Å². The first-order valence-corrected chi connectivity index (χ1v) is 8.14. The Morgan fingerprint density at radius 3 is 2.68 bits per heavy atom. The monoisotopic (exact) mass is 302 g/mol. The molecule has 2 rings (SSSR count). The SMILES string of the molecule is C[C@H](O)CCCC/C=C/C=C/CCc1ccc2c(c1)OCO2. The molecule has 22 heavy (non-hydrogen) atoms. The molecule has 3 nitrogen and oxygen atoms in total. The second kappa shape index (κ2) is 9.31. The van der Waals surface area contributed by atoms with Gasteiger partial charge >= 0.3 is 0 Å². The van der Waals surface area contributed by atoms with Gasteiger partial charge < -0.3 is 14.6 Å². The van der Waals surface area contributed by atoms with Gasteiger partial charge in [-0.05, 0) is 56.7 Å². The molecule has 1 aromatic rings. The lowest BCUT2D eigenvalue weighted by atomic mass is 10.1. The zero-order valence-corrected chi connectivity index (χ0v) is 13.3. The number of ether oxygens (including phenoxy) is 2. The summed E-state index contributed by atoms with van der Waals surface area (Å²) in [7, 11) is 0. The summed E-state index contributed by atoms with van der Waals surface area (Å²) in [5, 5.41) is 9.15. The fraction of sp³-hybridized carbons (Fsp3) is 0.474. The molecule has 0 spiro atoms. The quantitative estimate of drug-likeness (QED) is 0.543. The smallest absolute Gasteiger partial charge is 0.231 e. The Morgan fingerprint density at radius 2 is 1.86 bits per heavy atom. The van der Waals surface area contributed by atoms with Gasteiger partial charge in [0.05, 0.1) is 6.10 Å². The van der Waals surface area contributed by atoms with Gasteiger partial charge in [-0.1, -0.05) is 36.8 Å². The predicted octanol–water partition coefficient (Wildman–Crippen LogP) is 4.40. The molecule has 1 aliphatic heterocycles. The zero-order valence-electron chi connectivity index (χ0n) is 13.3. The molecule has 0 bridgehead atoms. The van der Waals surface area contributed by atoms with Crippen molar-refractivity contribution in [2.75, 3.05) is 6.79 Å². The molecule has 0 saturated carbocycles. The van der Waals surface area contributed by atoms with Crippen molar-refractivity contribution in [1.82, 2.24) is 0 Å². The summed E-state index contributed by atoms with van der Waals surface area (Å²) in [6.07, 6.45) is 14.7. The largest absolute Gasteiger partial charge is 0.454 e. The second-order valence-electron chi connectivity index (χ2n) is 5.72. The molecule has 0 radical (unpaired) electrons. The Hall–Kier alpha value is -1.74. The van der Waals surface area contributed by atoms with E-state index in [1.165, 1.54) is 5.56 Å². The highest BCUT2D eigenvalue weighted by Crippen LogP contribution is 2.32. The van der Waals surface area contributed by atoms with E-state index in [1.807, 2.05) is 13.0 Å². The number of fused-ring (bicyclic) bond motifs is 1. The molecule has 1 heterocycles. The molecule has 0 unspecified atom stereocenters. The van der Waals surface area contributed by atoms with Crippen LogP contribution in [0, 0.1) is 0 Å². The molecule has 3 heteroatoms. The zero-order chi connectivity index (χ0) is 15.6. The summed E-state index contributed by atoms with van der Waals surface area (Å²) < 4.78 is 10.7. The summed E-state index contributed by atoms with van der Waals surface area (Å²) in [5.74, 6) is 1.70. The van der Waals surface area contributed by atoms with E-state index in [-0.39, 0.29) is 6.10 Å². The van der Waals surface area contributed by atoms with Crippen LogP contribution in [0.2, 0.25) is 0 Å². The number of hydrogen-bond acceptors (Lipinski definition) is 3. The number of benzene rings is 1. The number of aliphatic hydroxyl groups is 1. The summed E-state index contributed by atoms with van der Waals surface area (Å²) in [6, 6.07) is 6.14. The van der Waals surface area contributed by atoms with E-state index >= 15 is 0 Å². The highest BCUT2D eigenvalue weighted by molar-refractivity contribution is 5.44. The molecule has 0 saturated heterocycles. The van der Waals surface area contributed by atoms with E-state index in [4.69, 9.17) is 14.6 Å². The summed E-state index contributed by atoms with van der Waals surface area (Å²) in [4.78, 5) is 0. The van der Waals surface area contributed by atoms with Crippen molar-refractivity contribution in [3.63, 3.8) is 0 Å². The maximum absolute atomic E-state index is 9.15. The number of hydrogen-bond donors (Lipinski definition) is 1. The van der Waals surface area contributed by atoms with Gasteiger partial charge in [-0.25, -0.2) is 0 Å². The molecule has 1 N–H and O–H groups in total. The molecule has 0 fully saturated rings. The lowest BCUT2D eigenvalue weighted by Crippen LogP contribution is -1.97. The first-order valence-electron chi connectivity index (χ1n) is 8.14. The minimum Gasteiger partial charge on any atom is -0.454 e. The fourth-order valence-electron chi connectivity index (χ4n) is 2.40. The molecule has 120 valence electrons. The number of aryl methyl sites for hydroxylation is 1. The van der Waals surface area contributed by atoms with Crippen LogP contribution in [0.3, 0.4) is 0 Å². The van der Waals surface area contributed by atoms with E-state index in [0.29, 0.717) is 6.79 Å². The van der Waals surface area contributed by atoms with Gasteiger partial charge in [0.25, 0.3) is 0 Å². The Balaban J connectivity index is 1.58. The Bertz CT molecular complexity index is 503. The van der Waals surface area contributed by atoms with Crippen molar-refractivity contribution in [1.29, 1.82) is 0 Å². The van der Waals surface area contributed by atoms with Crippen molar-refractivity contribution in [3.05, 3.63) is 48.1 Å². The van der Waals surface area contributed by atoms with E-state index in [1.54, 1.807) is 0 Å². The lowest BCUT2D eigenvalue weighted by Gasteiger charge is -2.01. The molecule has 1 aliphatic rings. The highest BCUT2D eigenvalue weighted by atomic mass is 16.7. The van der Waals surface area contributed by atoms with Crippen LogP contribution < -0.4 is 9.47 Å². The number of unbranched alkanes of at least 4 members (excludes halogenated alkanes) is 2. The Labute approximate surface area is 133 Å². The summed E-state index contributed by atoms with van der Waals surface area (Å²) in [6.45, 7) is 2.18. The number of aliphatic hydroxyl groups excluding tert-OH is 1. The average Bonchev–Trinajstić information content (AvgIpc) is 2.96. The van der Waals surface area contributed by atoms with Gasteiger partial charge in [-0.15, -0.1) is 0 Å². The Morgan fingerprint density at radius 1 is 1.09 bits per heavy atom. The van der Waals surface area contributed by atoms with Crippen molar-refractivity contribution < 1.29 is 14.6 Å². The maximum Gasteiger partial charge on any atom is 0.231 e. The van der Waals surface area contributed by atoms with Gasteiger partial charge in [0, 0.05) is 0 Å². The standard InChI is InChI=1S/C19H26O3/c1-16(20)10-8-6-4-2-3-5-7-9-11-17-12-13-18-19(14-17)22-15-21-18/h2-3,5,7,12-14,16,20H,4,6,8-11,15H2,1H3/b3-2+,7-5+/t16-/m0/s1. The van der Waals surface area contributed by atoms with Gasteiger partial charge in [-0.3, -0.25) is 0 Å². The minimum atomic E-state index is -0.167. The van der Waals surface area contributed by atoms with Crippen LogP contribution in [0.5, 0.6) is 11.5 Å². The highest BCUT2D eigenvalue weighted by Gasteiger charge is 2.12. The van der Waals surface area contributed by atoms with Gasteiger partial charge in [0.15, 0.2) is 11.5 Å². The van der Waals surface area contributed by atoms with E-state index in [2.05, 4.69) is 36.4 Å². The van der Waals surface area contributed by atoms with Gasteiger partial charge in [-0.2, -0.15) is 0 Å². The molecule has 0 amide bonds. The van der Waals surface area contributed by atoms with Crippen LogP contribution in [0.25, 0.3) is 0 Å². The topological polar surface area (TPSA) is 38.7 Å². The van der Waals surface area contributed by atoms with Gasteiger partial charge in [0.1, 0.15) is 0 Å². The third-order valence-electron chi connectivity index (χ3n) is 3.66. The molecular formula is C19H26O3. The molecule has 1 atom stereocenters. The molecular weight excluding hydrogens is 276 g/mol. The third-order valence-corrected chi connectivity index (χ3v) is 3.66. The van der Waals surface area contributed by atoms with Crippen LogP contribution >= 0.6 is 0 Å². The van der Waals surface area contributed by atoms with E-state index in [9.17, 15) is 0 Å². The first kappa shape index (κ1) is 16.6. The average molecular weight is 302 g/mol. The van der Waals surface area contributed by atoms with Gasteiger partial charge in [0.2, 0.25) is 6.79 Å². The third kappa shape index (κ3) is 5.94. The van der Waals surface area contributed by atoms with Crippen molar-refractivity contribution in [3.8, 4) is 11.5 Å². The van der Waals surface area contributed by atoms with Crippen LogP contribution in [0.4, 0.5) is 0 Å². The predicted molar refractivity (Wildman–Crippen MR) is 89.3 cm³/mol. The van der Waals surface area contributed by atoms with Crippen LogP contribution in [0.15, 0.2) is 42.5 Å². The molecule has 0 aliphatic carbocycles. The fourth-order valence-corrected chi connectivity index (χ4v) is 2.40. The van der Waals surface area contributed by atoms with Crippen LogP contribution in [0.1, 0.15) is 44.6 Å².